The Kier molecular flexibility index (Phi) is 4.82. The normalized spacial score (nSPS) is 14.5. The van der Waals surface area contributed by atoms with Crippen LogP contribution in [0, 0.1) is 17.0 Å². The highest BCUT2D eigenvalue weighted by molar-refractivity contribution is 6.32. The number of rotatable bonds is 5. The summed E-state index contributed by atoms with van der Waals surface area (Å²) in [4.78, 5) is 25.0. The summed E-state index contributed by atoms with van der Waals surface area (Å²) in [6.45, 7) is 0. The van der Waals surface area contributed by atoms with Crippen molar-refractivity contribution >= 4 is 34.8 Å². The van der Waals surface area contributed by atoms with Gasteiger partial charge < -0.3 is 15.4 Å². The van der Waals surface area contributed by atoms with Gasteiger partial charge in [-0.05, 0) is 43.2 Å². The molecule has 1 saturated carbocycles. The largest absolute Gasteiger partial charge is 0.495 e. The van der Waals surface area contributed by atoms with Gasteiger partial charge >= 0.3 is 0 Å². The van der Waals surface area contributed by atoms with Gasteiger partial charge in [0.2, 0.25) is 11.8 Å². The van der Waals surface area contributed by atoms with Crippen LogP contribution in [0.15, 0.2) is 36.4 Å². The Hall–Kier alpha value is -2.67. The van der Waals surface area contributed by atoms with E-state index in [9.17, 15) is 18.4 Å². The van der Waals surface area contributed by atoms with E-state index in [0.717, 1.165) is 12.1 Å². The van der Waals surface area contributed by atoms with E-state index in [0.29, 0.717) is 29.3 Å². The van der Waals surface area contributed by atoms with E-state index in [1.807, 2.05) is 0 Å². The molecule has 8 heteroatoms. The van der Waals surface area contributed by atoms with E-state index in [1.54, 1.807) is 12.1 Å². The number of carbonyl (C=O) groups excluding carboxylic acids is 2. The molecule has 1 fully saturated rings. The summed E-state index contributed by atoms with van der Waals surface area (Å²) in [5, 5.41) is 5.43. The number of hydrogen-bond acceptors (Lipinski definition) is 3. The van der Waals surface area contributed by atoms with Gasteiger partial charge in [0.15, 0.2) is 11.6 Å². The molecule has 0 atom stereocenters. The monoisotopic (exact) mass is 380 g/mol. The summed E-state index contributed by atoms with van der Waals surface area (Å²) in [6.07, 6.45) is 0.719. The molecule has 0 unspecified atom stereocenters. The van der Waals surface area contributed by atoms with Gasteiger partial charge in [-0.15, -0.1) is 0 Å². The molecule has 2 aromatic carbocycles. The maximum Gasteiger partial charge on any atom is 0.240 e. The van der Waals surface area contributed by atoms with Crippen LogP contribution in [0.5, 0.6) is 5.75 Å². The highest BCUT2D eigenvalue weighted by Crippen LogP contribution is 2.47. The first-order chi connectivity index (χ1) is 12.4. The lowest BCUT2D eigenvalue weighted by Crippen LogP contribution is -2.35. The number of hydrogen-bond donors (Lipinski definition) is 2. The zero-order valence-corrected chi connectivity index (χ0v) is 14.5. The van der Waals surface area contributed by atoms with Crippen LogP contribution in [0.4, 0.5) is 20.2 Å². The molecule has 0 spiro atoms. The summed E-state index contributed by atoms with van der Waals surface area (Å²) in [5.74, 6) is -2.69. The molecule has 0 radical (unpaired) electrons. The number of halogens is 3. The Balaban J connectivity index is 1.71. The molecule has 2 N–H and O–H groups in total. The Bertz CT molecular complexity index is 885. The first-order valence-corrected chi connectivity index (χ1v) is 8.15. The van der Waals surface area contributed by atoms with E-state index >= 15 is 0 Å². The van der Waals surface area contributed by atoms with E-state index in [-0.39, 0.29) is 5.69 Å². The van der Waals surface area contributed by atoms with Crippen LogP contribution in [0.3, 0.4) is 0 Å². The van der Waals surface area contributed by atoms with Gasteiger partial charge in [0.05, 0.1) is 12.1 Å². The second-order valence-corrected chi connectivity index (χ2v) is 6.38. The Morgan fingerprint density at radius 1 is 1.00 bits per heavy atom. The molecule has 136 valence electrons. The van der Waals surface area contributed by atoms with Crippen molar-refractivity contribution in [2.75, 3.05) is 17.7 Å². The van der Waals surface area contributed by atoms with E-state index in [2.05, 4.69) is 10.6 Å². The van der Waals surface area contributed by atoms with Crippen molar-refractivity contribution in [3.05, 3.63) is 53.1 Å². The second-order valence-electron chi connectivity index (χ2n) is 5.97. The molecule has 2 amide bonds. The predicted octanol–water partition coefficient (Wildman–Crippen LogP) is 3.98. The highest BCUT2D eigenvalue weighted by Gasteiger charge is 2.56. The van der Waals surface area contributed by atoms with Crippen molar-refractivity contribution in [2.45, 2.75) is 12.8 Å². The first kappa shape index (κ1) is 18.1. The van der Waals surface area contributed by atoms with Gasteiger partial charge in [0.25, 0.3) is 0 Å². The SMILES string of the molecule is COc1ccc(NC(=O)C2(C(=O)Nc3ccc(F)c(F)c3)CC2)cc1Cl. The molecule has 0 bridgehead atoms. The fourth-order valence-electron chi connectivity index (χ4n) is 2.50. The lowest BCUT2D eigenvalue weighted by atomic mass is 10.0. The van der Waals surface area contributed by atoms with Crippen molar-refractivity contribution in [2.24, 2.45) is 5.41 Å². The number of amides is 2. The van der Waals surface area contributed by atoms with Crippen LogP contribution in [-0.2, 0) is 9.59 Å². The van der Waals surface area contributed by atoms with E-state index in [1.165, 1.54) is 19.2 Å². The molecule has 2 aromatic rings. The first-order valence-electron chi connectivity index (χ1n) is 7.77. The molecule has 1 aliphatic carbocycles. The van der Waals surface area contributed by atoms with Crippen LogP contribution < -0.4 is 15.4 Å². The van der Waals surface area contributed by atoms with Gasteiger partial charge in [-0.2, -0.15) is 0 Å². The number of benzene rings is 2. The number of ether oxygens (including phenoxy) is 1. The molecular weight excluding hydrogens is 366 g/mol. The van der Waals surface area contributed by atoms with Crippen molar-refractivity contribution in [3.8, 4) is 5.75 Å². The van der Waals surface area contributed by atoms with Gasteiger partial charge in [-0.3, -0.25) is 9.59 Å². The summed E-state index contributed by atoms with van der Waals surface area (Å²) < 4.78 is 31.3. The third-order valence-electron chi connectivity index (χ3n) is 4.21. The summed E-state index contributed by atoms with van der Waals surface area (Å²) in [7, 11) is 1.47. The quantitative estimate of drug-likeness (QED) is 0.771. The number of methoxy groups -OCH3 is 1. The average molecular weight is 381 g/mol. The van der Waals surface area contributed by atoms with E-state index < -0.39 is 28.9 Å². The smallest absolute Gasteiger partial charge is 0.240 e. The highest BCUT2D eigenvalue weighted by atomic mass is 35.5. The molecule has 0 heterocycles. The number of nitrogens with one attached hydrogen (secondary N) is 2. The van der Waals surface area contributed by atoms with Crippen molar-refractivity contribution in [1.29, 1.82) is 0 Å². The Morgan fingerprint density at radius 3 is 2.08 bits per heavy atom. The summed E-state index contributed by atoms with van der Waals surface area (Å²) in [5.41, 5.74) is -0.731. The van der Waals surface area contributed by atoms with Crippen molar-refractivity contribution < 1.29 is 23.1 Å². The number of anilines is 2. The third kappa shape index (κ3) is 3.48. The fraction of sp³-hybridized carbons (Fsp3) is 0.222. The van der Waals surface area contributed by atoms with Gasteiger partial charge in [-0.25, -0.2) is 8.78 Å². The minimum atomic E-state index is -1.24. The summed E-state index contributed by atoms with van der Waals surface area (Å²) >= 11 is 6.02. The lowest BCUT2D eigenvalue weighted by molar-refractivity contribution is -0.131. The summed E-state index contributed by atoms with van der Waals surface area (Å²) in [6, 6.07) is 7.72. The van der Waals surface area contributed by atoms with Crippen LogP contribution in [0.1, 0.15) is 12.8 Å². The molecule has 0 saturated heterocycles. The topological polar surface area (TPSA) is 67.4 Å². The van der Waals surface area contributed by atoms with Crippen LogP contribution >= 0.6 is 11.6 Å². The predicted molar refractivity (Wildman–Crippen MR) is 93.3 cm³/mol. The third-order valence-corrected chi connectivity index (χ3v) is 4.50. The minimum Gasteiger partial charge on any atom is -0.495 e. The van der Waals surface area contributed by atoms with Gasteiger partial charge in [0, 0.05) is 17.4 Å². The molecule has 0 aliphatic heterocycles. The minimum absolute atomic E-state index is 0.0838. The molecular formula is C18H15ClF2N2O3. The number of carbonyl (C=O) groups is 2. The molecule has 1 aliphatic rings. The molecule has 5 nitrogen and oxygen atoms in total. The standard InChI is InChI=1S/C18H15ClF2N2O3/c1-26-15-5-3-10(8-12(15)19)22-16(24)18(6-7-18)17(25)23-11-2-4-13(20)14(21)9-11/h2-5,8-9H,6-7H2,1H3,(H,22,24)(H,23,25). The van der Waals surface area contributed by atoms with Gasteiger partial charge in [-0.1, -0.05) is 11.6 Å². The fourth-order valence-corrected chi connectivity index (χ4v) is 2.76. The second kappa shape index (κ2) is 6.92. The molecule has 26 heavy (non-hydrogen) atoms. The zero-order chi connectivity index (χ0) is 18.9. The van der Waals surface area contributed by atoms with E-state index in [4.69, 9.17) is 16.3 Å². The Morgan fingerprint density at radius 2 is 1.58 bits per heavy atom. The Labute approximate surface area is 153 Å². The molecule has 3 rings (SSSR count). The van der Waals surface area contributed by atoms with Gasteiger partial charge in [0.1, 0.15) is 11.2 Å². The zero-order valence-electron chi connectivity index (χ0n) is 13.7. The maximum absolute atomic E-state index is 13.3. The van der Waals surface area contributed by atoms with Crippen molar-refractivity contribution in [1.82, 2.24) is 0 Å². The maximum atomic E-state index is 13.3. The van der Waals surface area contributed by atoms with Crippen LogP contribution in [0.2, 0.25) is 5.02 Å². The van der Waals surface area contributed by atoms with Crippen molar-refractivity contribution in [3.63, 3.8) is 0 Å². The lowest BCUT2D eigenvalue weighted by Gasteiger charge is -2.16. The van der Waals surface area contributed by atoms with Crippen LogP contribution in [0.25, 0.3) is 0 Å². The van der Waals surface area contributed by atoms with Crippen LogP contribution in [-0.4, -0.2) is 18.9 Å². The average Bonchev–Trinajstić information content (AvgIpc) is 3.40. The molecule has 0 aromatic heterocycles.